The number of likely N-dealkylation sites (N-methyl/N-ethyl adjacent to an activating group) is 1. The Morgan fingerprint density at radius 2 is 2.00 bits per heavy atom. The van der Waals surface area contributed by atoms with E-state index in [1.807, 2.05) is 23.5 Å². The Hall–Kier alpha value is -1.32. The molecule has 0 amide bonds. The summed E-state index contributed by atoms with van der Waals surface area (Å²) >= 11 is 1.83. The molecule has 0 saturated carbocycles. The third-order valence-corrected chi connectivity index (χ3v) is 4.09. The smallest absolute Gasteiger partial charge is 0.0359 e. The molecule has 3 heteroatoms. The van der Waals surface area contributed by atoms with Crippen molar-refractivity contribution in [3.8, 4) is 0 Å². The highest BCUT2D eigenvalue weighted by molar-refractivity contribution is 7.09. The number of hydrogen-bond acceptors (Lipinski definition) is 3. The number of thiophene rings is 1. The van der Waals surface area contributed by atoms with Crippen LogP contribution in [0.4, 0.5) is 5.69 Å². The van der Waals surface area contributed by atoms with Crippen LogP contribution < -0.4 is 5.73 Å². The number of hydrogen-bond donors (Lipinski definition) is 1. The monoisotopic (exact) mass is 260 g/mol. The van der Waals surface area contributed by atoms with Crippen LogP contribution in [0.1, 0.15) is 17.4 Å². The third kappa shape index (κ3) is 3.59. The standard InChI is InChI=1S/C15H20N2S/c1-2-17(10-9-14-7-5-11-18-14)12-13-6-3-4-8-15(13)16/h3-8,11H,2,9-10,12,16H2,1H3. The van der Waals surface area contributed by atoms with Gasteiger partial charge in [-0.2, -0.15) is 0 Å². The SMILES string of the molecule is CCN(CCc1cccs1)Cc1ccccc1N. The van der Waals surface area contributed by atoms with Gasteiger partial charge in [-0.15, -0.1) is 11.3 Å². The van der Waals surface area contributed by atoms with Crippen molar-refractivity contribution in [1.29, 1.82) is 0 Å². The highest BCUT2D eigenvalue weighted by Crippen LogP contribution is 2.15. The van der Waals surface area contributed by atoms with Crippen LogP contribution in [0.25, 0.3) is 0 Å². The van der Waals surface area contributed by atoms with E-state index in [2.05, 4.69) is 41.5 Å². The topological polar surface area (TPSA) is 29.3 Å². The molecule has 2 rings (SSSR count). The fraction of sp³-hybridized carbons (Fsp3) is 0.333. The number of nitrogens with two attached hydrogens (primary N) is 1. The molecule has 0 spiro atoms. The fourth-order valence-corrected chi connectivity index (χ4v) is 2.69. The van der Waals surface area contributed by atoms with Crippen molar-refractivity contribution in [1.82, 2.24) is 4.90 Å². The van der Waals surface area contributed by atoms with E-state index in [9.17, 15) is 0 Å². The highest BCUT2D eigenvalue weighted by Gasteiger charge is 2.06. The summed E-state index contributed by atoms with van der Waals surface area (Å²) in [5, 5.41) is 2.14. The molecular formula is C15H20N2S. The molecule has 2 aromatic rings. The predicted octanol–water partition coefficient (Wildman–Crippen LogP) is 3.39. The second kappa shape index (κ2) is 6.57. The second-order valence-electron chi connectivity index (χ2n) is 4.40. The van der Waals surface area contributed by atoms with Gasteiger partial charge < -0.3 is 5.73 Å². The van der Waals surface area contributed by atoms with Crippen LogP contribution in [0, 0.1) is 0 Å². The maximum absolute atomic E-state index is 5.99. The van der Waals surface area contributed by atoms with E-state index in [1.165, 1.54) is 10.4 Å². The lowest BCUT2D eigenvalue weighted by atomic mass is 10.1. The van der Waals surface area contributed by atoms with E-state index in [0.29, 0.717) is 0 Å². The van der Waals surface area contributed by atoms with E-state index in [1.54, 1.807) is 0 Å². The molecule has 0 aliphatic rings. The van der Waals surface area contributed by atoms with Crippen LogP contribution in [0.5, 0.6) is 0 Å². The van der Waals surface area contributed by atoms with E-state index in [0.717, 1.165) is 31.7 Å². The average molecular weight is 260 g/mol. The molecule has 0 bridgehead atoms. The lowest BCUT2D eigenvalue weighted by molar-refractivity contribution is 0.285. The van der Waals surface area contributed by atoms with Gasteiger partial charge in [-0.05, 0) is 36.0 Å². The molecule has 0 radical (unpaired) electrons. The first kappa shape index (κ1) is 13.1. The largest absolute Gasteiger partial charge is 0.398 e. The minimum Gasteiger partial charge on any atom is -0.398 e. The first-order valence-corrected chi connectivity index (χ1v) is 7.25. The quantitative estimate of drug-likeness (QED) is 0.807. The van der Waals surface area contributed by atoms with Gasteiger partial charge >= 0.3 is 0 Å². The van der Waals surface area contributed by atoms with Gasteiger partial charge in [0.15, 0.2) is 0 Å². The number of nitrogens with zero attached hydrogens (tertiary/aromatic N) is 1. The Morgan fingerprint density at radius 1 is 1.17 bits per heavy atom. The Labute approximate surface area is 113 Å². The molecule has 1 aromatic carbocycles. The molecule has 0 atom stereocenters. The molecule has 0 fully saturated rings. The maximum atomic E-state index is 5.99. The molecule has 2 nitrogen and oxygen atoms in total. The number of benzene rings is 1. The van der Waals surface area contributed by atoms with Crippen molar-refractivity contribution in [2.75, 3.05) is 18.8 Å². The van der Waals surface area contributed by atoms with Gasteiger partial charge in [-0.25, -0.2) is 0 Å². The summed E-state index contributed by atoms with van der Waals surface area (Å²) in [6, 6.07) is 12.5. The average Bonchev–Trinajstić information content (AvgIpc) is 2.90. The third-order valence-electron chi connectivity index (χ3n) is 3.15. The van der Waals surface area contributed by atoms with Crippen LogP contribution in [0.15, 0.2) is 41.8 Å². The molecule has 1 aromatic heterocycles. The van der Waals surface area contributed by atoms with Gasteiger partial charge in [0.2, 0.25) is 0 Å². The Morgan fingerprint density at radius 3 is 2.67 bits per heavy atom. The first-order valence-electron chi connectivity index (χ1n) is 6.37. The predicted molar refractivity (Wildman–Crippen MR) is 79.8 cm³/mol. The van der Waals surface area contributed by atoms with E-state index >= 15 is 0 Å². The lowest BCUT2D eigenvalue weighted by Crippen LogP contribution is -2.25. The number of para-hydroxylation sites is 1. The molecule has 0 aliphatic heterocycles. The molecule has 0 unspecified atom stereocenters. The van der Waals surface area contributed by atoms with Gasteiger partial charge in [-0.1, -0.05) is 31.2 Å². The first-order chi connectivity index (χ1) is 8.79. The van der Waals surface area contributed by atoms with Crippen LogP contribution in [0.3, 0.4) is 0 Å². The van der Waals surface area contributed by atoms with Crippen molar-refractivity contribution < 1.29 is 0 Å². The summed E-state index contributed by atoms with van der Waals surface area (Å²) in [4.78, 5) is 3.89. The summed E-state index contributed by atoms with van der Waals surface area (Å²) in [7, 11) is 0. The summed E-state index contributed by atoms with van der Waals surface area (Å²) in [5.41, 5.74) is 8.11. The van der Waals surface area contributed by atoms with E-state index in [-0.39, 0.29) is 0 Å². The van der Waals surface area contributed by atoms with Crippen molar-refractivity contribution in [2.45, 2.75) is 19.9 Å². The molecule has 96 valence electrons. The molecule has 2 N–H and O–H groups in total. The van der Waals surface area contributed by atoms with Crippen LogP contribution in [-0.2, 0) is 13.0 Å². The molecule has 0 saturated heterocycles. The van der Waals surface area contributed by atoms with Gasteiger partial charge in [0.25, 0.3) is 0 Å². The van der Waals surface area contributed by atoms with Gasteiger partial charge in [-0.3, -0.25) is 4.90 Å². The van der Waals surface area contributed by atoms with Crippen LogP contribution in [0.2, 0.25) is 0 Å². The summed E-state index contributed by atoms with van der Waals surface area (Å²) < 4.78 is 0. The van der Waals surface area contributed by atoms with E-state index < -0.39 is 0 Å². The number of rotatable bonds is 6. The van der Waals surface area contributed by atoms with Crippen LogP contribution in [-0.4, -0.2) is 18.0 Å². The molecule has 1 heterocycles. The molecular weight excluding hydrogens is 240 g/mol. The maximum Gasteiger partial charge on any atom is 0.0359 e. The zero-order chi connectivity index (χ0) is 12.8. The zero-order valence-electron chi connectivity index (χ0n) is 10.8. The van der Waals surface area contributed by atoms with E-state index in [4.69, 9.17) is 5.73 Å². The highest BCUT2D eigenvalue weighted by atomic mass is 32.1. The van der Waals surface area contributed by atoms with Crippen molar-refractivity contribution in [2.24, 2.45) is 0 Å². The van der Waals surface area contributed by atoms with Crippen molar-refractivity contribution in [3.63, 3.8) is 0 Å². The van der Waals surface area contributed by atoms with Gasteiger partial charge in [0, 0.05) is 23.7 Å². The molecule has 0 aliphatic carbocycles. The number of nitrogen functional groups attached to an aromatic ring is 1. The zero-order valence-corrected chi connectivity index (χ0v) is 11.6. The summed E-state index contributed by atoms with van der Waals surface area (Å²) in [6.45, 7) is 5.28. The van der Waals surface area contributed by atoms with Gasteiger partial charge in [0.05, 0.1) is 0 Å². The Balaban J connectivity index is 1.91. The molecule has 18 heavy (non-hydrogen) atoms. The van der Waals surface area contributed by atoms with Gasteiger partial charge in [0.1, 0.15) is 0 Å². The minimum absolute atomic E-state index is 0.895. The lowest BCUT2D eigenvalue weighted by Gasteiger charge is -2.21. The normalized spacial score (nSPS) is 11.0. The van der Waals surface area contributed by atoms with Crippen molar-refractivity contribution >= 4 is 17.0 Å². The number of anilines is 1. The second-order valence-corrected chi connectivity index (χ2v) is 5.43. The Bertz CT molecular complexity index is 465. The minimum atomic E-state index is 0.895. The summed E-state index contributed by atoms with van der Waals surface area (Å²) in [5.74, 6) is 0. The van der Waals surface area contributed by atoms with Crippen molar-refractivity contribution in [3.05, 3.63) is 52.2 Å². The summed E-state index contributed by atoms with van der Waals surface area (Å²) in [6.07, 6.45) is 1.12. The fourth-order valence-electron chi connectivity index (χ4n) is 1.99. The Kier molecular flexibility index (Phi) is 4.79. The van der Waals surface area contributed by atoms with Crippen LogP contribution >= 0.6 is 11.3 Å².